The number of hydrogen-bond donors (Lipinski definition) is 1. The largest absolute Gasteiger partial charge is 0.377 e. The minimum absolute atomic E-state index is 0.00236. The Hall–Kier alpha value is -1.71. The van der Waals surface area contributed by atoms with Crippen molar-refractivity contribution in [3.05, 3.63) is 28.3 Å². The summed E-state index contributed by atoms with van der Waals surface area (Å²) in [6, 6.07) is 4.37. The number of anilines is 1. The van der Waals surface area contributed by atoms with Gasteiger partial charge in [0.2, 0.25) is 10.0 Å². The molecule has 2 aliphatic heterocycles. The summed E-state index contributed by atoms with van der Waals surface area (Å²) in [6.45, 7) is 6.01. The highest BCUT2D eigenvalue weighted by Crippen LogP contribution is 2.31. The van der Waals surface area contributed by atoms with E-state index in [0.717, 1.165) is 45.3 Å². The smallest absolute Gasteiger partial charge is 0.293 e. The Morgan fingerprint density at radius 2 is 1.85 bits per heavy atom. The van der Waals surface area contributed by atoms with Gasteiger partial charge in [0, 0.05) is 38.3 Å². The van der Waals surface area contributed by atoms with Gasteiger partial charge in [-0.05, 0) is 44.4 Å². The summed E-state index contributed by atoms with van der Waals surface area (Å²) in [5, 5.41) is 14.8. The monoisotopic (exact) mass is 382 g/mol. The SMILES string of the molecule is CCN1CCC(Nc2ccc(S(=O)(=O)N3CCCC3)cc2[N+](=O)[O-])CC1. The van der Waals surface area contributed by atoms with Crippen LogP contribution in [-0.2, 0) is 10.0 Å². The second kappa shape index (κ2) is 7.89. The molecule has 2 aliphatic rings. The quantitative estimate of drug-likeness (QED) is 0.599. The Labute approximate surface area is 154 Å². The van der Waals surface area contributed by atoms with Crippen LogP contribution < -0.4 is 5.32 Å². The zero-order valence-electron chi connectivity index (χ0n) is 15.1. The molecule has 0 aromatic heterocycles. The summed E-state index contributed by atoms with van der Waals surface area (Å²) in [5.41, 5.74) is 0.216. The van der Waals surface area contributed by atoms with Crippen LogP contribution in [0.25, 0.3) is 0 Å². The van der Waals surface area contributed by atoms with Crippen molar-refractivity contribution in [1.29, 1.82) is 0 Å². The molecular formula is C17H26N4O4S. The van der Waals surface area contributed by atoms with E-state index in [0.29, 0.717) is 18.8 Å². The van der Waals surface area contributed by atoms with Crippen molar-refractivity contribution >= 4 is 21.4 Å². The third-order valence-electron chi connectivity index (χ3n) is 5.26. The number of likely N-dealkylation sites (tertiary alicyclic amines) is 1. The maximum Gasteiger partial charge on any atom is 0.293 e. The van der Waals surface area contributed by atoms with Gasteiger partial charge in [-0.25, -0.2) is 8.42 Å². The van der Waals surface area contributed by atoms with Crippen molar-refractivity contribution in [2.24, 2.45) is 0 Å². The first-order chi connectivity index (χ1) is 12.4. The van der Waals surface area contributed by atoms with Crippen LogP contribution in [0.5, 0.6) is 0 Å². The molecule has 0 atom stereocenters. The van der Waals surface area contributed by atoms with E-state index < -0.39 is 14.9 Å². The Bertz CT molecular complexity index is 754. The first-order valence-electron chi connectivity index (χ1n) is 9.19. The number of nitrogens with one attached hydrogen (secondary N) is 1. The van der Waals surface area contributed by atoms with Crippen molar-refractivity contribution in [1.82, 2.24) is 9.21 Å². The number of nitro benzene ring substituents is 1. The summed E-state index contributed by atoms with van der Waals surface area (Å²) in [4.78, 5) is 13.3. The third kappa shape index (κ3) is 3.99. The molecule has 1 N–H and O–H groups in total. The highest BCUT2D eigenvalue weighted by Gasteiger charge is 2.30. The molecule has 9 heteroatoms. The van der Waals surface area contributed by atoms with Gasteiger partial charge in [-0.2, -0.15) is 4.31 Å². The molecule has 0 radical (unpaired) electrons. The Morgan fingerprint density at radius 3 is 2.42 bits per heavy atom. The topological polar surface area (TPSA) is 95.8 Å². The van der Waals surface area contributed by atoms with Crippen LogP contribution in [0.4, 0.5) is 11.4 Å². The summed E-state index contributed by atoms with van der Waals surface area (Å²) in [6.07, 6.45) is 3.49. The van der Waals surface area contributed by atoms with Gasteiger partial charge in [-0.1, -0.05) is 6.92 Å². The maximum atomic E-state index is 12.7. The third-order valence-corrected chi connectivity index (χ3v) is 7.16. The van der Waals surface area contributed by atoms with Crippen LogP contribution in [0.15, 0.2) is 23.1 Å². The lowest BCUT2D eigenvalue weighted by molar-refractivity contribution is -0.384. The lowest BCUT2D eigenvalue weighted by Crippen LogP contribution is -2.38. The number of rotatable bonds is 6. The van der Waals surface area contributed by atoms with Gasteiger partial charge in [0.1, 0.15) is 5.69 Å². The molecule has 2 heterocycles. The van der Waals surface area contributed by atoms with Crippen molar-refractivity contribution in [2.75, 3.05) is 38.0 Å². The second-order valence-electron chi connectivity index (χ2n) is 6.90. The van der Waals surface area contributed by atoms with Crippen molar-refractivity contribution in [3.63, 3.8) is 0 Å². The van der Waals surface area contributed by atoms with Gasteiger partial charge >= 0.3 is 0 Å². The van der Waals surface area contributed by atoms with E-state index in [4.69, 9.17) is 0 Å². The average molecular weight is 382 g/mol. The molecule has 2 saturated heterocycles. The zero-order chi connectivity index (χ0) is 18.7. The highest BCUT2D eigenvalue weighted by atomic mass is 32.2. The molecule has 1 aromatic carbocycles. The van der Waals surface area contributed by atoms with Crippen LogP contribution >= 0.6 is 0 Å². The van der Waals surface area contributed by atoms with Crippen molar-refractivity contribution in [3.8, 4) is 0 Å². The predicted molar refractivity (Wildman–Crippen MR) is 99.8 cm³/mol. The van der Waals surface area contributed by atoms with E-state index in [9.17, 15) is 18.5 Å². The van der Waals surface area contributed by atoms with Crippen molar-refractivity contribution < 1.29 is 13.3 Å². The maximum absolute atomic E-state index is 12.7. The number of piperidine rings is 1. The fourth-order valence-electron chi connectivity index (χ4n) is 3.64. The molecule has 8 nitrogen and oxygen atoms in total. The lowest BCUT2D eigenvalue weighted by atomic mass is 10.0. The van der Waals surface area contributed by atoms with Gasteiger partial charge < -0.3 is 10.2 Å². The van der Waals surface area contributed by atoms with Crippen LogP contribution in [0, 0.1) is 10.1 Å². The zero-order valence-corrected chi connectivity index (χ0v) is 15.9. The van der Waals surface area contributed by atoms with Crippen LogP contribution in [-0.4, -0.2) is 61.3 Å². The number of benzene rings is 1. The molecule has 0 amide bonds. The minimum atomic E-state index is -3.66. The van der Waals surface area contributed by atoms with Crippen LogP contribution in [0.3, 0.4) is 0 Å². The molecular weight excluding hydrogens is 356 g/mol. The van der Waals surface area contributed by atoms with E-state index in [1.807, 2.05) is 0 Å². The predicted octanol–water partition coefficient (Wildman–Crippen LogP) is 2.28. The van der Waals surface area contributed by atoms with E-state index in [1.54, 1.807) is 0 Å². The molecule has 26 heavy (non-hydrogen) atoms. The molecule has 0 spiro atoms. The normalized spacial score (nSPS) is 20.3. The number of nitro groups is 1. The van der Waals surface area contributed by atoms with Crippen LogP contribution in [0.2, 0.25) is 0 Å². The standard InChI is InChI=1S/C17H26N4O4S/c1-2-19-11-7-14(8-12-19)18-16-6-5-15(13-17(16)21(22)23)26(24,25)20-9-3-4-10-20/h5-6,13-14,18H,2-4,7-12H2,1H3. The first kappa shape index (κ1) is 19.1. The van der Waals surface area contributed by atoms with E-state index in [-0.39, 0.29) is 16.6 Å². The molecule has 0 unspecified atom stereocenters. The highest BCUT2D eigenvalue weighted by molar-refractivity contribution is 7.89. The van der Waals surface area contributed by atoms with E-state index in [1.165, 1.54) is 22.5 Å². The molecule has 3 rings (SSSR count). The van der Waals surface area contributed by atoms with Gasteiger partial charge in [-0.3, -0.25) is 10.1 Å². The second-order valence-corrected chi connectivity index (χ2v) is 8.84. The molecule has 2 fully saturated rings. The van der Waals surface area contributed by atoms with Gasteiger partial charge in [0.05, 0.1) is 9.82 Å². The number of sulfonamides is 1. The average Bonchev–Trinajstić information content (AvgIpc) is 3.18. The Morgan fingerprint density at radius 1 is 1.19 bits per heavy atom. The molecule has 144 valence electrons. The minimum Gasteiger partial charge on any atom is -0.377 e. The molecule has 0 bridgehead atoms. The lowest BCUT2D eigenvalue weighted by Gasteiger charge is -2.31. The fraction of sp³-hybridized carbons (Fsp3) is 0.647. The van der Waals surface area contributed by atoms with Crippen molar-refractivity contribution in [2.45, 2.75) is 43.5 Å². The summed E-state index contributed by atoms with van der Waals surface area (Å²) >= 11 is 0. The van der Waals surface area contributed by atoms with E-state index in [2.05, 4.69) is 17.1 Å². The summed E-state index contributed by atoms with van der Waals surface area (Å²) < 4.78 is 26.7. The summed E-state index contributed by atoms with van der Waals surface area (Å²) in [5.74, 6) is 0. The van der Waals surface area contributed by atoms with Gasteiger partial charge in [0.25, 0.3) is 5.69 Å². The fourth-order valence-corrected chi connectivity index (χ4v) is 5.17. The first-order valence-corrected chi connectivity index (χ1v) is 10.6. The van der Waals surface area contributed by atoms with Crippen LogP contribution in [0.1, 0.15) is 32.6 Å². The van der Waals surface area contributed by atoms with Gasteiger partial charge in [-0.15, -0.1) is 0 Å². The van der Waals surface area contributed by atoms with Gasteiger partial charge in [0.15, 0.2) is 0 Å². The molecule has 1 aromatic rings. The Kier molecular flexibility index (Phi) is 5.79. The molecule has 0 saturated carbocycles. The molecule has 0 aliphatic carbocycles. The number of hydrogen-bond acceptors (Lipinski definition) is 6. The van der Waals surface area contributed by atoms with E-state index >= 15 is 0 Å². The Balaban J connectivity index is 1.80. The number of nitrogens with zero attached hydrogens (tertiary/aromatic N) is 3. The summed E-state index contributed by atoms with van der Waals surface area (Å²) in [7, 11) is -3.66.